The van der Waals surface area contributed by atoms with Gasteiger partial charge in [0.1, 0.15) is 5.82 Å². The van der Waals surface area contributed by atoms with Gasteiger partial charge in [0, 0.05) is 24.2 Å². The zero-order valence-corrected chi connectivity index (χ0v) is 12.5. The highest BCUT2D eigenvalue weighted by Gasteiger charge is 2.18. The Kier molecular flexibility index (Phi) is 5.76. The molecular formula is C15H26N2O2. The first-order valence-corrected chi connectivity index (χ1v) is 6.90. The molecule has 108 valence electrons. The van der Waals surface area contributed by atoms with Gasteiger partial charge < -0.3 is 15.1 Å². The first-order chi connectivity index (χ1) is 8.92. The molecule has 4 nitrogen and oxygen atoms in total. The molecule has 19 heavy (non-hydrogen) atoms. The van der Waals surface area contributed by atoms with Crippen LogP contribution in [0.25, 0.3) is 0 Å². The fraction of sp³-hybridized carbons (Fsp3) is 0.667. The maximum atomic E-state index is 9.40. The summed E-state index contributed by atoms with van der Waals surface area (Å²) >= 11 is 0. The van der Waals surface area contributed by atoms with Crippen LogP contribution in [0.5, 0.6) is 0 Å². The van der Waals surface area contributed by atoms with Gasteiger partial charge in [0.05, 0.1) is 13.2 Å². The SMILES string of the molecule is CCCN(CCO)c1cc(CO)cc(C(C)(C)C)n1. The van der Waals surface area contributed by atoms with Gasteiger partial charge in [-0.15, -0.1) is 0 Å². The van der Waals surface area contributed by atoms with Gasteiger partial charge in [-0.05, 0) is 24.1 Å². The first-order valence-electron chi connectivity index (χ1n) is 6.90. The molecular weight excluding hydrogens is 240 g/mol. The lowest BCUT2D eigenvalue weighted by molar-refractivity contribution is 0.281. The highest BCUT2D eigenvalue weighted by atomic mass is 16.3. The van der Waals surface area contributed by atoms with E-state index in [2.05, 4.69) is 32.6 Å². The van der Waals surface area contributed by atoms with Crippen molar-refractivity contribution < 1.29 is 10.2 Å². The van der Waals surface area contributed by atoms with Crippen molar-refractivity contribution in [2.75, 3.05) is 24.6 Å². The molecule has 0 aliphatic carbocycles. The van der Waals surface area contributed by atoms with E-state index in [0.717, 1.165) is 30.0 Å². The second kappa shape index (κ2) is 6.87. The van der Waals surface area contributed by atoms with Crippen molar-refractivity contribution in [1.82, 2.24) is 4.98 Å². The van der Waals surface area contributed by atoms with Crippen LogP contribution in [0.2, 0.25) is 0 Å². The molecule has 0 fully saturated rings. The van der Waals surface area contributed by atoms with Gasteiger partial charge in [-0.2, -0.15) is 0 Å². The van der Waals surface area contributed by atoms with Crippen LogP contribution in [0, 0.1) is 0 Å². The Morgan fingerprint density at radius 1 is 1.16 bits per heavy atom. The summed E-state index contributed by atoms with van der Waals surface area (Å²) in [4.78, 5) is 6.76. The van der Waals surface area contributed by atoms with Crippen LogP contribution in [0.3, 0.4) is 0 Å². The van der Waals surface area contributed by atoms with Gasteiger partial charge in [0.25, 0.3) is 0 Å². The Bertz CT molecular complexity index is 394. The molecule has 0 spiro atoms. The minimum absolute atomic E-state index is 0.0116. The Morgan fingerprint density at radius 3 is 2.32 bits per heavy atom. The molecule has 1 heterocycles. The summed E-state index contributed by atoms with van der Waals surface area (Å²) in [6.07, 6.45) is 0.996. The van der Waals surface area contributed by atoms with Crippen molar-refractivity contribution in [2.24, 2.45) is 0 Å². The Balaban J connectivity index is 3.17. The summed E-state index contributed by atoms with van der Waals surface area (Å²) in [7, 11) is 0. The van der Waals surface area contributed by atoms with Gasteiger partial charge in [-0.3, -0.25) is 0 Å². The number of rotatable bonds is 6. The van der Waals surface area contributed by atoms with E-state index in [4.69, 9.17) is 10.1 Å². The average molecular weight is 266 g/mol. The first kappa shape index (κ1) is 15.9. The second-order valence-corrected chi connectivity index (χ2v) is 5.84. The minimum Gasteiger partial charge on any atom is -0.395 e. The summed E-state index contributed by atoms with van der Waals surface area (Å²) in [5.74, 6) is 0.840. The molecule has 0 atom stereocenters. The molecule has 0 aliphatic rings. The number of hydrogen-bond donors (Lipinski definition) is 2. The summed E-state index contributed by atoms with van der Waals surface area (Å²) < 4.78 is 0. The third-order valence-electron chi connectivity index (χ3n) is 3.01. The molecule has 0 amide bonds. The molecule has 0 saturated heterocycles. The van der Waals surface area contributed by atoms with Crippen LogP contribution in [-0.2, 0) is 12.0 Å². The molecule has 1 aromatic heterocycles. The number of pyridine rings is 1. The number of aliphatic hydroxyl groups is 2. The molecule has 0 aliphatic heterocycles. The molecule has 4 heteroatoms. The zero-order valence-electron chi connectivity index (χ0n) is 12.5. The van der Waals surface area contributed by atoms with E-state index in [0.29, 0.717) is 6.54 Å². The highest BCUT2D eigenvalue weighted by molar-refractivity contribution is 5.43. The van der Waals surface area contributed by atoms with Crippen molar-refractivity contribution in [3.63, 3.8) is 0 Å². The van der Waals surface area contributed by atoms with Crippen LogP contribution in [0.4, 0.5) is 5.82 Å². The normalized spacial score (nSPS) is 11.7. The highest BCUT2D eigenvalue weighted by Crippen LogP contribution is 2.25. The quantitative estimate of drug-likeness (QED) is 0.827. The summed E-state index contributed by atoms with van der Waals surface area (Å²) in [6.45, 7) is 9.97. The van der Waals surface area contributed by atoms with Crippen LogP contribution < -0.4 is 4.90 Å². The molecule has 0 saturated carbocycles. The molecule has 2 N–H and O–H groups in total. The van der Waals surface area contributed by atoms with E-state index in [1.807, 2.05) is 12.1 Å². The van der Waals surface area contributed by atoms with Crippen molar-refractivity contribution >= 4 is 5.82 Å². The third kappa shape index (κ3) is 4.48. The van der Waals surface area contributed by atoms with Gasteiger partial charge in [-0.1, -0.05) is 27.7 Å². The molecule has 0 bridgehead atoms. The van der Waals surface area contributed by atoms with Crippen molar-refractivity contribution in [3.8, 4) is 0 Å². The van der Waals surface area contributed by atoms with Crippen molar-refractivity contribution in [3.05, 3.63) is 23.4 Å². The van der Waals surface area contributed by atoms with Crippen LogP contribution in [-0.4, -0.2) is 34.9 Å². The van der Waals surface area contributed by atoms with Gasteiger partial charge in [0.2, 0.25) is 0 Å². The second-order valence-electron chi connectivity index (χ2n) is 5.84. The minimum atomic E-state index is -0.0585. The lowest BCUT2D eigenvalue weighted by Crippen LogP contribution is -2.29. The average Bonchev–Trinajstić information content (AvgIpc) is 2.37. The molecule has 0 unspecified atom stereocenters. The van der Waals surface area contributed by atoms with Crippen LogP contribution in [0.1, 0.15) is 45.4 Å². The van der Waals surface area contributed by atoms with E-state index in [9.17, 15) is 5.11 Å². The summed E-state index contributed by atoms with van der Waals surface area (Å²) in [5.41, 5.74) is 1.78. The van der Waals surface area contributed by atoms with E-state index in [1.54, 1.807) is 0 Å². The van der Waals surface area contributed by atoms with Gasteiger partial charge in [-0.25, -0.2) is 4.98 Å². The maximum absolute atomic E-state index is 9.40. The third-order valence-corrected chi connectivity index (χ3v) is 3.01. The van der Waals surface area contributed by atoms with E-state index in [1.165, 1.54) is 0 Å². The number of aliphatic hydroxyl groups excluding tert-OH is 2. The van der Waals surface area contributed by atoms with Crippen LogP contribution >= 0.6 is 0 Å². The van der Waals surface area contributed by atoms with E-state index in [-0.39, 0.29) is 18.6 Å². The topological polar surface area (TPSA) is 56.6 Å². The number of anilines is 1. The zero-order chi connectivity index (χ0) is 14.5. The fourth-order valence-corrected chi connectivity index (χ4v) is 1.94. The molecule has 0 radical (unpaired) electrons. The van der Waals surface area contributed by atoms with E-state index >= 15 is 0 Å². The lowest BCUT2D eigenvalue weighted by atomic mass is 9.91. The van der Waals surface area contributed by atoms with Crippen molar-refractivity contribution in [1.29, 1.82) is 0 Å². The fourth-order valence-electron chi connectivity index (χ4n) is 1.94. The standard InChI is InChI=1S/C15H26N2O2/c1-5-6-17(7-8-18)14-10-12(11-19)9-13(16-14)15(2,3)4/h9-10,18-19H,5-8,11H2,1-4H3. The predicted octanol–water partition coefficient (Wildman–Crippen LogP) is 2.08. The molecule has 1 aromatic rings. The van der Waals surface area contributed by atoms with Gasteiger partial charge >= 0.3 is 0 Å². The molecule has 1 rings (SSSR count). The summed E-state index contributed by atoms with van der Waals surface area (Å²) in [6, 6.07) is 3.85. The number of hydrogen-bond acceptors (Lipinski definition) is 4. The van der Waals surface area contributed by atoms with Gasteiger partial charge in [0.15, 0.2) is 0 Å². The van der Waals surface area contributed by atoms with Crippen molar-refractivity contribution in [2.45, 2.75) is 46.1 Å². The number of aromatic nitrogens is 1. The monoisotopic (exact) mass is 266 g/mol. The Hall–Kier alpha value is -1.13. The molecule has 0 aromatic carbocycles. The largest absolute Gasteiger partial charge is 0.395 e. The lowest BCUT2D eigenvalue weighted by Gasteiger charge is -2.26. The maximum Gasteiger partial charge on any atom is 0.129 e. The van der Waals surface area contributed by atoms with Crippen LogP contribution in [0.15, 0.2) is 12.1 Å². The Morgan fingerprint density at radius 2 is 1.84 bits per heavy atom. The number of nitrogens with zero attached hydrogens (tertiary/aromatic N) is 2. The van der Waals surface area contributed by atoms with E-state index < -0.39 is 0 Å². The summed E-state index contributed by atoms with van der Waals surface area (Å²) in [5, 5.41) is 18.6. The predicted molar refractivity (Wildman–Crippen MR) is 78.4 cm³/mol. The Labute approximate surface area is 116 Å². The smallest absolute Gasteiger partial charge is 0.129 e.